The third-order valence-electron chi connectivity index (χ3n) is 5.59. The third-order valence-corrected chi connectivity index (χ3v) is 7.08. The molecule has 6 heteroatoms. The zero-order valence-corrected chi connectivity index (χ0v) is 17.5. The van der Waals surface area contributed by atoms with Crippen molar-refractivity contribution in [3.05, 3.63) is 61.5 Å². The van der Waals surface area contributed by atoms with Crippen LogP contribution in [-0.2, 0) is 12.8 Å². The van der Waals surface area contributed by atoms with Crippen LogP contribution in [0.4, 0.5) is 0 Å². The van der Waals surface area contributed by atoms with E-state index in [2.05, 4.69) is 31.1 Å². The standard InChI is InChI=1S/C21H24ClN3OS/c1-11-8-9-15-17(10-11)27-21-18(15)20(26)24-19(25-21)13(3)23-12(2)14-6-4-5-7-16(14)22/h4-7,11-13,23H,8-10H2,1-3H3,(H,24,25,26)/p+1/t11-,12-,13-/m0/s1. The third kappa shape index (κ3) is 3.56. The highest BCUT2D eigenvalue weighted by molar-refractivity contribution is 7.18. The first-order chi connectivity index (χ1) is 12.9. The summed E-state index contributed by atoms with van der Waals surface area (Å²) < 4.78 is 0. The van der Waals surface area contributed by atoms with Crippen LogP contribution in [0.1, 0.15) is 61.1 Å². The molecule has 0 spiro atoms. The number of aromatic nitrogens is 2. The second-order valence-corrected chi connectivity index (χ2v) is 9.27. The summed E-state index contributed by atoms with van der Waals surface area (Å²) in [5.41, 5.74) is 2.33. The van der Waals surface area contributed by atoms with E-state index in [0.29, 0.717) is 5.92 Å². The molecule has 1 aliphatic rings. The fraction of sp³-hybridized carbons (Fsp3) is 0.429. The van der Waals surface area contributed by atoms with E-state index < -0.39 is 0 Å². The van der Waals surface area contributed by atoms with Gasteiger partial charge in [0.1, 0.15) is 16.9 Å². The Labute approximate surface area is 168 Å². The van der Waals surface area contributed by atoms with Gasteiger partial charge in [-0.2, -0.15) is 0 Å². The second kappa shape index (κ2) is 7.38. The van der Waals surface area contributed by atoms with Crippen molar-refractivity contribution >= 4 is 33.2 Å². The molecule has 2 heterocycles. The number of H-pyrrole nitrogens is 1. The first-order valence-electron chi connectivity index (χ1n) is 9.58. The van der Waals surface area contributed by atoms with Gasteiger partial charge in [0.2, 0.25) is 0 Å². The maximum atomic E-state index is 12.8. The Morgan fingerprint density at radius 3 is 2.85 bits per heavy atom. The summed E-state index contributed by atoms with van der Waals surface area (Å²) in [6, 6.07) is 8.10. The predicted molar refractivity (Wildman–Crippen MR) is 112 cm³/mol. The van der Waals surface area contributed by atoms with Crippen LogP contribution in [0.2, 0.25) is 5.02 Å². The Balaban J connectivity index is 1.64. The van der Waals surface area contributed by atoms with Gasteiger partial charge in [-0.15, -0.1) is 11.3 Å². The average molecular weight is 403 g/mol. The van der Waals surface area contributed by atoms with Gasteiger partial charge in [0.15, 0.2) is 5.82 Å². The molecular formula is C21H25ClN3OS+. The van der Waals surface area contributed by atoms with Crippen LogP contribution in [0.15, 0.2) is 29.1 Å². The fourth-order valence-electron chi connectivity index (χ4n) is 4.05. The van der Waals surface area contributed by atoms with Gasteiger partial charge in [-0.25, -0.2) is 4.98 Å². The quantitative estimate of drug-likeness (QED) is 0.688. The van der Waals surface area contributed by atoms with Crippen molar-refractivity contribution in [3.63, 3.8) is 0 Å². The summed E-state index contributed by atoms with van der Waals surface area (Å²) in [6.07, 6.45) is 3.21. The predicted octanol–water partition coefficient (Wildman–Crippen LogP) is 4.15. The van der Waals surface area contributed by atoms with Gasteiger partial charge in [0.05, 0.1) is 5.39 Å². The molecule has 2 aromatic heterocycles. The lowest BCUT2D eigenvalue weighted by molar-refractivity contribution is -0.729. The van der Waals surface area contributed by atoms with Crippen LogP contribution in [-0.4, -0.2) is 9.97 Å². The van der Waals surface area contributed by atoms with Crippen molar-refractivity contribution < 1.29 is 5.32 Å². The molecule has 3 aromatic rings. The lowest BCUT2D eigenvalue weighted by Crippen LogP contribution is -2.85. The number of benzene rings is 1. The van der Waals surface area contributed by atoms with Gasteiger partial charge in [0, 0.05) is 15.5 Å². The molecule has 27 heavy (non-hydrogen) atoms. The normalized spacial score (nSPS) is 19.0. The summed E-state index contributed by atoms with van der Waals surface area (Å²) >= 11 is 8.03. The lowest BCUT2D eigenvalue weighted by Gasteiger charge is -2.18. The summed E-state index contributed by atoms with van der Waals surface area (Å²) in [5, 5.41) is 3.78. The molecule has 0 radical (unpaired) electrons. The maximum absolute atomic E-state index is 12.8. The number of nitrogens with two attached hydrogens (primary N) is 1. The van der Waals surface area contributed by atoms with E-state index in [-0.39, 0.29) is 17.6 Å². The number of rotatable bonds is 4. The first-order valence-corrected chi connectivity index (χ1v) is 10.8. The van der Waals surface area contributed by atoms with Gasteiger partial charge in [0.25, 0.3) is 5.56 Å². The Hall–Kier alpha value is -1.69. The highest BCUT2D eigenvalue weighted by Gasteiger charge is 2.25. The molecule has 4 nitrogen and oxygen atoms in total. The summed E-state index contributed by atoms with van der Waals surface area (Å²) in [7, 11) is 0. The summed E-state index contributed by atoms with van der Waals surface area (Å²) in [6.45, 7) is 6.48. The highest BCUT2D eigenvalue weighted by atomic mass is 35.5. The van der Waals surface area contributed by atoms with Crippen molar-refractivity contribution in [1.82, 2.24) is 9.97 Å². The molecule has 3 atom stereocenters. The van der Waals surface area contributed by atoms with Crippen LogP contribution in [0, 0.1) is 5.92 Å². The summed E-state index contributed by atoms with van der Waals surface area (Å²) in [4.78, 5) is 22.9. The van der Waals surface area contributed by atoms with E-state index in [1.54, 1.807) is 11.3 Å². The molecule has 4 rings (SSSR count). The molecule has 1 aromatic carbocycles. The topological polar surface area (TPSA) is 62.4 Å². The average Bonchev–Trinajstić information content (AvgIpc) is 2.99. The molecular weight excluding hydrogens is 378 g/mol. The zero-order chi connectivity index (χ0) is 19.1. The van der Waals surface area contributed by atoms with E-state index >= 15 is 0 Å². The Morgan fingerprint density at radius 1 is 1.30 bits per heavy atom. The van der Waals surface area contributed by atoms with Crippen molar-refractivity contribution in [3.8, 4) is 0 Å². The minimum absolute atomic E-state index is 0.00713. The van der Waals surface area contributed by atoms with Crippen LogP contribution in [0.3, 0.4) is 0 Å². The Kier molecular flexibility index (Phi) is 5.10. The molecule has 0 aliphatic heterocycles. The molecule has 0 saturated heterocycles. The smallest absolute Gasteiger partial charge is 0.260 e. The number of aryl methyl sites for hydroxylation is 1. The van der Waals surface area contributed by atoms with Gasteiger partial charge < -0.3 is 10.3 Å². The SMILES string of the molecule is C[C@H]1CCc2c(sc3nc([C@H](C)[NH2+][C@@H](C)c4ccccc4Cl)[nH]c(=O)c23)C1. The number of hydrogen-bond donors (Lipinski definition) is 2. The number of nitrogens with zero attached hydrogens (tertiary/aromatic N) is 1. The molecule has 0 amide bonds. The molecule has 0 fully saturated rings. The number of quaternary nitrogens is 1. The maximum Gasteiger partial charge on any atom is 0.260 e. The number of hydrogen-bond acceptors (Lipinski definition) is 3. The minimum atomic E-state index is 0.00713. The second-order valence-electron chi connectivity index (χ2n) is 7.77. The largest absolute Gasteiger partial charge is 0.332 e. The first kappa shape index (κ1) is 18.7. The van der Waals surface area contributed by atoms with Crippen LogP contribution in [0.25, 0.3) is 10.2 Å². The number of aromatic amines is 1. The molecule has 3 N–H and O–H groups in total. The Bertz CT molecular complexity index is 1040. The van der Waals surface area contributed by atoms with Gasteiger partial charge >= 0.3 is 0 Å². The van der Waals surface area contributed by atoms with Crippen molar-refractivity contribution in [2.24, 2.45) is 5.92 Å². The molecule has 0 unspecified atom stereocenters. The monoisotopic (exact) mass is 402 g/mol. The Morgan fingerprint density at radius 2 is 2.07 bits per heavy atom. The highest BCUT2D eigenvalue weighted by Crippen LogP contribution is 2.35. The van der Waals surface area contributed by atoms with Crippen molar-refractivity contribution in [2.45, 2.75) is 52.1 Å². The van der Waals surface area contributed by atoms with Gasteiger partial charge in [-0.1, -0.05) is 36.7 Å². The van der Waals surface area contributed by atoms with Crippen LogP contribution >= 0.6 is 22.9 Å². The van der Waals surface area contributed by atoms with E-state index in [0.717, 1.165) is 45.9 Å². The molecule has 0 bridgehead atoms. The van der Waals surface area contributed by atoms with E-state index in [4.69, 9.17) is 16.6 Å². The zero-order valence-electron chi connectivity index (χ0n) is 15.9. The van der Waals surface area contributed by atoms with E-state index in [9.17, 15) is 4.79 Å². The molecule has 0 saturated carbocycles. The van der Waals surface area contributed by atoms with Crippen LogP contribution in [0.5, 0.6) is 0 Å². The molecule has 142 valence electrons. The van der Waals surface area contributed by atoms with Crippen molar-refractivity contribution in [2.75, 3.05) is 0 Å². The van der Waals surface area contributed by atoms with Crippen molar-refractivity contribution in [1.29, 1.82) is 0 Å². The number of halogens is 1. The van der Waals surface area contributed by atoms with Crippen LogP contribution < -0.4 is 10.9 Å². The van der Waals surface area contributed by atoms with E-state index in [1.165, 1.54) is 10.4 Å². The number of fused-ring (bicyclic) bond motifs is 3. The van der Waals surface area contributed by atoms with E-state index in [1.807, 2.05) is 24.3 Å². The van der Waals surface area contributed by atoms with Gasteiger partial charge in [-0.3, -0.25) is 4.79 Å². The number of nitrogens with one attached hydrogen (secondary N) is 1. The fourth-order valence-corrected chi connectivity index (χ4v) is 5.75. The van der Waals surface area contributed by atoms with Gasteiger partial charge in [-0.05, 0) is 50.7 Å². The number of thiophene rings is 1. The minimum Gasteiger partial charge on any atom is -0.332 e. The lowest BCUT2D eigenvalue weighted by atomic mass is 9.89. The summed E-state index contributed by atoms with van der Waals surface area (Å²) in [5.74, 6) is 1.42. The molecule has 1 aliphatic carbocycles.